The van der Waals surface area contributed by atoms with Crippen molar-refractivity contribution >= 4 is 91.2 Å². The topological polar surface area (TPSA) is 106 Å². The van der Waals surface area contributed by atoms with Crippen molar-refractivity contribution in [1.82, 2.24) is 30.4 Å². The fourth-order valence-electron chi connectivity index (χ4n) is 2.01. The Balaban J connectivity index is 1.63. The van der Waals surface area contributed by atoms with Crippen molar-refractivity contribution in [2.24, 2.45) is 0 Å². The quantitative estimate of drug-likeness (QED) is 0.234. The number of rotatable bonds is 7. The molecule has 4 aromatic heterocycles. The molecule has 0 unspecified atom stereocenters. The number of aryl methyl sites for hydroxylation is 1. The van der Waals surface area contributed by atoms with E-state index < -0.39 is 0 Å². The van der Waals surface area contributed by atoms with Crippen LogP contribution in [0.4, 0.5) is 5.13 Å². The van der Waals surface area contributed by atoms with E-state index in [0.29, 0.717) is 20.7 Å². The number of pyridine rings is 1. The molecule has 0 aliphatic rings. The summed E-state index contributed by atoms with van der Waals surface area (Å²) in [5.41, 5.74) is 0.308. The Hall–Kier alpha value is -1.20. The van der Waals surface area contributed by atoms with Gasteiger partial charge in [0.15, 0.2) is 13.8 Å². The van der Waals surface area contributed by atoms with E-state index in [2.05, 4.69) is 58.3 Å². The molecule has 4 rings (SSSR count). The number of nitrogens with zero attached hydrogens (tertiary/aromatic N) is 6. The van der Waals surface area contributed by atoms with Crippen molar-refractivity contribution in [3.05, 3.63) is 39.4 Å². The highest BCUT2D eigenvalue weighted by Crippen LogP contribution is 2.35. The maximum atomic E-state index is 12.9. The predicted octanol–water partition coefficient (Wildman–Crippen LogP) is 5.04. The second kappa shape index (κ2) is 9.74. The van der Waals surface area contributed by atoms with Crippen LogP contribution in [0.1, 0.15) is 20.5 Å². The summed E-state index contributed by atoms with van der Waals surface area (Å²) in [4.78, 5) is 22.3. The molecule has 14 heteroatoms. The van der Waals surface area contributed by atoms with Crippen LogP contribution in [0.25, 0.3) is 0 Å². The van der Waals surface area contributed by atoms with E-state index in [9.17, 15) is 4.79 Å². The summed E-state index contributed by atoms with van der Waals surface area (Å²) in [6, 6.07) is 3.74. The van der Waals surface area contributed by atoms with Gasteiger partial charge in [0.1, 0.15) is 20.7 Å². The molecule has 1 N–H and O–H groups in total. The zero-order valence-corrected chi connectivity index (χ0v) is 20.8. The number of aromatic nitrogens is 6. The predicted molar refractivity (Wildman–Crippen MR) is 125 cm³/mol. The number of halogens is 1. The zero-order chi connectivity index (χ0) is 20.2. The van der Waals surface area contributed by atoms with E-state index in [4.69, 9.17) is 0 Å². The van der Waals surface area contributed by atoms with E-state index in [0.717, 1.165) is 23.1 Å². The first-order valence-corrected chi connectivity index (χ1v) is 13.5. The molecule has 0 bridgehead atoms. The molecule has 0 fully saturated rings. The van der Waals surface area contributed by atoms with Gasteiger partial charge in [0.05, 0.1) is 4.43 Å². The van der Waals surface area contributed by atoms with Crippen molar-refractivity contribution in [1.29, 1.82) is 0 Å². The molecule has 148 valence electrons. The lowest BCUT2D eigenvalue weighted by atomic mass is 10.3. The average Bonchev–Trinajstić information content (AvgIpc) is 3.46. The smallest absolute Gasteiger partial charge is 0.277 e. The minimum Gasteiger partial charge on any atom is -0.296 e. The molecule has 0 spiro atoms. The van der Waals surface area contributed by atoms with Crippen LogP contribution in [-0.4, -0.2) is 36.3 Å². The summed E-state index contributed by atoms with van der Waals surface area (Å²) in [6.45, 7) is 1.90. The van der Waals surface area contributed by atoms with Gasteiger partial charge in [0.2, 0.25) is 0 Å². The van der Waals surface area contributed by atoms with E-state index in [1.165, 1.54) is 57.5 Å². The van der Waals surface area contributed by atoms with Crippen molar-refractivity contribution < 1.29 is 4.79 Å². The van der Waals surface area contributed by atoms with Crippen LogP contribution in [0.2, 0.25) is 0 Å². The Morgan fingerprint density at radius 3 is 2.66 bits per heavy atom. The zero-order valence-electron chi connectivity index (χ0n) is 14.5. The number of carbonyl (C=O) groups is 1. The average molecular weight is 592 g/mol. The fraction of sp³-hybridized carbons (Fsp3) is 0.133. The van der Waals surface area contributed by atoms with Crippen LogP contribution in [-0.2, 0) is 4.43 Å². The Morgan fingerprint density at radius 2 is 1.97 bits per heavy atom. The summed E-state index contributed by atoms with van der Waals surface area (Å²) in [7, 11) is 0. The molecule has 29 heavy (non-hydrogen) atoms. The number of carbonyl (C=O) groups excluding carboxylic acids is 1. The van der Waals surface area contributed by atoms with Crippen LogP contribution in [0.15, 0.2) is 42.3 Å². The first-order valence-electron chi connectivity index (χ1n) is 7.87. The molecular weight excluding hydrogens is 581 g/mol. The molecule has 4 aromatic rings. The molecule has 0 radical (unpaired) electrons. The first kappa shape index (κ1) is 21.0. The van der Waals surface area contributed by atoms with Gasteiger partial charge in [-0.1, -0.05) is 57.0 Å². The third-order valence-corrected chi connectivity index (χ3v) is 8.94. The highest BCUT2D eigenvalue weighted by atomic mass is 127. The lowest BCUT2D eigenvalue weighted by Crippen LogP contribution is -2.15. The Kier molecular flexibility index (Phi) is 7.07. The van der Waals surface area contributed by atoms with E-state index in [1.54, 1.807) is 11.6 Å². The molecule has 0 aromatic carbocycles. The van der Waals surface area contributed by atoms with Gasteiger partial charge < -0.3 is 0 Å². The largest absolute Gasteiger partial charge is 0.296 e. The maximum Gasteiger partial charge on any atom is 0.277 e. The van der Waals surface area contributed by atoms with Gasteiger partial charge in [-0.05, 0) is 30.8 Å². The standard InChI is InChI=1S/C15H10IN7OS5/c1-7-20-22-14(26-7)28-9-3-2-8(27-15-23-21-10(6-16)29-15)11(18-9)12(24)19-13-17-4-5-25-13/h2-5H,6H2,1H3,(H,17,19,24). The van der Waals surface area contributed by atoms with Gasteiger partial charge in [-0.2, -0.15) is 0 Å². The molecule has 0 saturated heterocycles. The van der Waals surface area contributed by atoms with E-state index in [-0.39, 0.29) is 5.91 Å². The monoisotopic (exact) mass is 591 g/mol. The number of anilines is 1. The normalized spacial score (nSPS) is 11.0. The number of thiazole rings is 1. The van der Waals surface area contributed by atoms with Crippen LogP contribution in [0, 0.1) is 6.92 Å². The lowest BCUT2D eigenvalue weighted by Gasteiger charge is -2.08. The molecule has 0 saturated carbocycles. The second-order valence-electron chi connectivity index (χ2n) is 5.17. The Bertz CT molecular complexity index is 1130. The molecule has 0 aliphatic heterocycles. The minimum absolute atomic E-state index is 0.308. The summed E-state index contributed by atoms with van der Waals surface area (Å²) in [5.74, 6) is -0.322. The van der Waals surface area contributed by atoms with Gasteiger partial charge in [-0.15, -0.1) is 31.7 Å². The van der Waals surface area contributed by atoms with Crippen LogP contribution >= 0.6 is 80.1 Å². The molecule has 1 amide bonds. The lowest BCUT2D eigenvalue weighted by molar-refractivity contribution is 0.101. The van der Waals surface area contributed by atoms with Crippen LogP contribution in [0.5, 0.6) is 0 Å². The Labute approximate surface area is 199 Å². The SMILES string of the molecule is Cc1nnc(Sc2ccc(Sc3nnc(CI)s3)c(C(=O)Nc3nccs3)n2)s1. The van der Waals surface area contributed by atoms with Crippen LogP contribution < -0.4 is 5.32 Å². The van der Waals surface area contributed by atoms with Crippen molar-refractivity contribution in [2.75, 3.05) is 5.32 Å². The number of alkyl halides is 1. The van der Waals surface area contributed by atoms with E-state index in [1.807, 2.05) is 19.1 Å². The fourth-order valence-corrected chi connectivity index (χ4v) is 6.67. The molecular formula is C15H10IN7OS5. The first-order chi connectivity index (χ1) is 14.1. The summed E-state index contributed by atoms with van der Waals surface area (Å²) in [5, 5.41) is 24.1. The third kappa shape index (κ3) is 5.49. The van der Waals surface area contributed by atoms with Gasteiger partial charge in [-0.3, -0.25) is 10.1 Å². The van der Waals surface area contributed by atoms with Gasteiger partial charge in [0, 0.05) is 16.5 Å². The van der Waals surface area contributed by atoms with Gasteiger partial charge in [-0.25, -0.2) is 9.97 Å². The molecule has 8 nitrogen and oxygen atoms in total. The number of hydrogen-bond donors (Lipinski definition) is 1. The highest BCUT2D eigenvalue weighted by Gasteiger charge is 2.19. The number of amides is 1. The van der Waals surface area contributed by atoms with Crippen molar-refractivity contribution in [2.45, 2.75) is 30.0 Å². The summed E-state index contributed by atoms with van der Waals surface area (Å²) < 4.78 is 2.34. The van der Waals surface area contributed by atoms with Gasteiger partial charge in [0.25, 0.3) is 5.91 Å². The van der Waals surface area contributed by atoms with Crippen molar-refractivity contribution in [3.63, 3.8) is 0 Å². The highest BCUT2D eigenvalue weighted by molar-refractivity contribution is 14.1. The second-order valence-corrected chi connectivity index (χ2v) is 11.6. The minimum atomic E-state index is -0.322. The Morgan fingerprint density at radius 1 is 1.14 bits per heavy atom. The van der Waals surface area contributed by atoms with Crippen LogP contribution in [0.3, 0.4) is 0 Å². The summed E-state index contributed by atoms with van der Waals surface area (Å²) in [6.07, 6.45) is 1.64. The molecule has 0 atom stereocenters. The third-order valence-electron chi connectivity index (χ3n) is 3.16. The van der Waals surface area contributed by atoms with Crippen molar-refractivity contribution in [3.8, 4) is 0 Å². The molecule has 4 heterocycles. The van der Waals surface area contributed by atoms with E-state index >= 15 is 0 Å². The summed E-state index contributed by atoms with van der Waals surface area (Å²) >= 11 is 9.34. The number of hydrogen-bond acceptors (Lipinski definition) is 12. The molecule has 0 aliphatic carbocycles. The van der Waals surface area contributed by atoms with Gasteiger partial charge >= 0.3 is 0 Å². The number of nitrogens with one attached hydrogen (secondary N) is 1. The maximum absolute atomic E-state index is 12.9.